The number of hydrogen-bond donors (Lipinski definition) is 4. The first-order valence-electron chi connectivity index (χ1n) is 10.2. The first kappa shape index (κ1) is 25.3. The summed E-state index contributed by atoms with van der Waals surface area (Å²) in [7, 11) is 3.10. The second-order valence-corrected chi connectivity index (χ2v) is 7.35. The molecule has 4 N–H and O–H groups in total. The highest BCUT2D eigenvalue weighted by Crippen LogP contribution is 2.38. The number of nitrogens with one attached hydrogen (secondary N) is 3. The molecule has 2 heterocycles. The molecule has 3 aromatic rings. The minimum atomic E-state index is -5.08. The Labute approximate surface area is 196 Å². The molecule has 10 nitrogen and oxygen atoms in total. The Kier molecular flexibility index (Phi) is 7.47. The van der Waals surface area contributed by atoms with E-state index in [1.807, 2.05) is 12.1 Å². The van der Waals surface area contributed by atoms with Crippen LogP contribution in [0.25, 0.3) is 10.9 Å². The second-order valence-electron chi connectivity index (χ2n) is 7.35. The van der Waals surface area contributed by atoms with Crippen molar-refractivity contribution in [2.45, 2.75) is 19.0 Å². The number of amides is 1. The Hall–Kier alpha value is -4.29. The molecule has 0 saturated heterocycles. The van der Waals surface area contributed by atoms with Gasteiger partial charge in [-0.25, -0.2) is 9.78 Å². The molecule has 35 heavy (non-hydrogen) atoms. The fourth-order valence-electron chi connectivity index (χ4n) is 3.06. The fourth-order valence-corrected chi connectivity index (χ4v) is 3.06. The molecule has 0 aliphatic heterocycles. The smallest absolute Gasteiger partial charge is 0.490 e. The number of para-hydroxylation sites is 1. The number of carbonyl (C=O) groups excluding carboxylic acids is 1. The minimum Gasteiger partial charge on any atom is -0.493 e. The summed E-state index contributed by atoms with van der Waals surface area (Å²) in [4.78, 5) is 40.6. The molecule has 186 valence electrons. The van der Waals surface area contributed by atoms with Crippen molar-refractivity contribution in [3.8, 4) is 11.5 Å². The Balaban J connectivity index is 0.000000429. The van der Waals surface area contributed by atoms with E-state index in [9.17, 15) is 22.8 Å². The molecular formula is C22H21F3N4O6. The zero-order valence-corrected chi connectivity index (χ0v) is 18.5. The van der Waals surface area contributed by atoms with Gasteiger partial charge in [0, 0.05) is 18.2 Å². The molecule has 0 atom stereocenters. The summed E-state index contributed by atoms with van der Waals surface area (Å²) in [6.07, 6.45) is -1.77. The van der Waals surface area contributed by atoms with Gasteiger partial charge in [0.1, 0.15) is 5.82 Å². The van der Waals surface area contributed by atoms with Gasteiger partial charge in [0.25, 0.3) is 5.56 Å². The molecule has 13 heteroatoms. The normalized spacial score (nSPS) is 12.8. The van der Waals surface area contributed by atoms with E-state index >= 15 is 0 Å². The molecule has 1 aliphatic rings. The highest BCUT2D eigenvalue weighted by molar-refractivity contribution is 5.98. The lowest BCUT2D eigenvalue weighted by Gasteiger charge is -2.16. The van der Waals surface area contributed by atoms with Crippen molar-refractivity contribution in [2.24, 2.45) is 5.92 Å². The van der Waals surface area contributed by atoms with E-state index in [4.69, 9.17) is 19.4 Å². The number of fused-ring (bicyclic) bond motifs is 1. The van der Waals surface area contributed by atoms with Gasteiger partial charge in [0.05, 0.1) is 36.5 Å². The maximum atomic E-state index is 12.4. The summed E-state index contributed by atoms with van der Waals surface area (Å²) in [5.41, 5.74) is 1.32. The zero-order valence-electron chi connectivity index (χ0n) is 18.5. The van der Waals surface area contributed by atoms with Crippen molar-refractivity contribution in [1.29, 1.82) is 0 Å². The third kappa shape index (κ3) is 6.19. The number of anilines is 3. The lowest BCUT2D eigenvalue weighted by atomic mass is 10.2. The summed E-state index contributed by atoms with van der Waals surface area (Å²) in [6.45, 7) is 0. The molecule has 1 amide bonds. The second kappa shape index (κ2) is 10.3. The van der Waals surface area contributed by atoms with E-state index < -0.39 is 12.1 Å². The van der Waals surface area contributed by atoms with Gasteiger partial charge in [-0.05, 0) is 31.0 Å². The highest BCUT2D eigenvalue weighted by atomic mass is 19.4. The predicted octanol–water partition coefficient (Wildman–Crippen LogP) is 3.67. The number of hydrogen-bond acceptors (Lipinski definition) is 7. The average Bonchev–Trinajstić information content (AvgIpc) is 3.64. The Morgan fingerprint density at radius 3 is 2.40 bits per heavy atom. The van der Waals surface area contributed by atoms with Crippen molar-refractivity contribution >= 4 is 40.0 Å². The van der Waals surface area contributed by atoms with Crippen LogP contribution in [0.1, 0.15) is 12.8 Å². The van der Waals surface area contributed by atoms with Gasteiger partial charge in [0.15, 0.2) is 11.5 Å². The number of rotatable bonds is 6. The van der Waals surface area contributed by atoms with Crippen LogP contribution >= 0.6 is 0 Å². The van der Waals surface area contributed by atoms with Gasteiger partial charge in [0.2, 0.25) is 5.91 Å². The number of pyridine rings is 2. The Morgan fingerprint density at radius 1 is 1.14 bits per heavy atom. The average molecular weight is 494 g/mol. The summed E-state index contributed by atoms with van der Waals surface area (Å²) in [6, 6.07) is 8.75. The maximum Gasteiger partial charge on any atom is 0.490 e. The minimum absolute atomic E-state index is 0.0477. The van der Waals surface area contributed by atoms with Crippen LogP contribution in [-0.4, -0.2) is 47.3 Å². The third-order valence-electron chi connectivity index (χ3n) is 4.84. The number of aliphatic carboxylic acids is 1. The quantitative estimate of drug-likeness (QED) is 0.407. The SMILES string of the molecule is COc1cccc(Nc2cc(NC(=O)C3CC3)nc3cc[nH]c(=O)c23)c1OC.O=C(O)C(F)(F)F. The van der Waals surface area contributed by atoms with Gasteiger partial charge in [-0.2, -0.15) is 13.2 Å². The van der Waals surface area contributed by atoms with Crippen molar-refractivity contribution in [3.05, 3.63) is 46.9 Å². The van der Waals surface area contributed by atoms with E-state index in [0.29, 0.717) is 39.6 Å². The van der Waals surface area contributed by atoms with Crippen molar-refractivity contribution in [1.82, 2.24) is 9.97 Å². The van der Waals surface area contributed by atoms with Gasteiger partial charge in [-0.3, -0.25) is 9.59 Å². The van der Waals surface area contributed by atoms with Gasteiger partial charge in [-0.1, -0.05) is 6.07 Å². The van der Waals surface area contributed by atoms with Gasteiger partial charge >= 0.3 is 12.1 Å². The molecule has 1 aliphatic carbocycles. The number of aromatic amines is 1. The molecule has 0 radical (unpaired) electrons. The summed E-state index contributed by atoms with van der Waals surface area (Å²) < 4.78 is 42.5. The van der Waals surface area contributed by atoms with E-state index in [-0.39, 0.29) is 17.4 Å². The van der Waals surface area contributed by atoms with Crippen LogP contribution in [0.2, 0.25) is 0 Å². The van der Waals surface area contributed by atoms with Crippen molar-refractivity contribution in [3.63, 3.8) is 0 Å². The van der Waals surface area contributed by atoms with E-state index in [1.165, 1.54) is 6.20 Å². The summed E-state index contributed by atoms with van der Waals surface area (Å²) in [5, 5.41) is 13.6. The van der Waals surface area contributed by atoms with Gasteiger partial charge < -0.3 is 30.2 Å². The number of halogens is 3. The summed E-state index contributed by atoms with van der Waals surface area (Å²) in [5.74, 6) is -1.31. The van der Waals surface area contributed by atoms with Crippen LogP contribution < -0.4 is 25.7 Å². The van der Waals surface area contributed by atoms with Crippen LogP contribution in [0.15, 0.2) is 41.3 Å². The fraction of sp³-hybridized carbons (Fsp3) is 0.273. The Morgan fingerprint density at radius 2 is 1.83 bits per heavy atom. The van der Waals surface area contributed by atoms with Gasteiger partial charge in [-0.15, -0.1) is 0 Å². The van der Waals surface area contributed by atoms with E-state index in [1.54, 1.807) is 32.4 Å². The molecule has 1 aromatic carbocycles. The number of aromatic nitrogens is 2. The van der Waals surface area contributed by atoms with Crippen LogP contribution in [0.5, 0.6) is 11.5 Å². The van der Waals surface area contributed by atoms with E-state index in [2.05, 4.69) is 20.6 Å². The molecule has 1 fully saturated rings. The predicted molar refractivity (Wildman–Crippen MR) is 120 cm³/mol. The van der Waals surface area contributed by atoms with Crippen molar-refractivity contribution < 1.29 is 37.3 Å². The molecular weight excluding hydrogens is 473 g/mol. The van der Waals surface area contributed by atoms with Crippen LogP contribution in [0.3, 0.4) is 0 Å². The van der Waals surface area contributed by atoms with Crippen LogP contribution in [0.4, 0.5) is 30.4 Å². The molecule has 0 bridgehead atoms. The van der Waals surface area contributed by atoms with Crippen LogP contribution in [0, 0.1) is 5.92 Å². The largest absolute Gasteiger partial charge is 0.493 e. The number of ether oxygens (including phenoxy) is 2. The number of alkyl halides is 3. The molecule has 2 aromatic heterocycles. The van der Waals surface area contributed by atoms with Crippen LogP contribution in [-0.2, 0) is 9.59 Å². The molecule has 0 unspecified atom stereocenters. The first-order chi connectivity index (χ1) is 16.5. The number of carboxylic acids is 1. The monoisotopic (exact) mass is 494 g/mol. The highest BCUT2D eigenvalue weighted by Gasteiger charge is 2.38. The molecule has 0 spiro atoms. The number of nitrogens with zero attached hydrogens (tertiary/aromatic N) is 1. The lowest BCUT2D eigenvalue weighted by Crippen LogP contribution is -2.21. The number of carboxylic acid groups (broad SMARTS) is 1. The zero-order chi connectivity index (χ0) is 25.8. The number of benzene rings is 1. The first-order valence-corrected chi connectivity index (χ1v) is 10.2. The summed E-state index contributed by atoms with van der Waals surface area (Å²) >= 11 is 0. The topological polar surface area (TPSA) is 143 Å². The van der Waals surface area contributed by atoms with Crippen molar-refractivity contribution in [2.75, 3.05) is 24.9 Å². The number of H-pyrrole nitrogens is 1. The lowest BCUT2D eigenvalue weighted by molar-refractivity contribution is -0.192. The Bertz CT molecular complexity index is 1300. The van der Waals surface area contributed by atoms with E-state index in [0.717, 1.165) is 12.8 Å². The molecule has 4 rings (SSSR count). The molecule has 1 saturated carbocycles. The number of methoxy groups -OCH3 is 2. The number of carbonyl (C=O) groups is 2. The maximum absolute atomic E-state index is 12.4. The third-order valence-corrected chi connectivity index (χ3v) is 4.84. The standard InChI is InChI=1S/C20H20N4O4.C2HF3O2/c1-27-15-5-3-4-13(18(15)28-2)22-14-10-16(24-19(25)11-6-7-11)23-12-8-9-21-20(26)17(12)14;3-2(4,5)1(6)7/h3-5,8-11H,6-7H2,1-2H3,(H,21,26)(H2,22,23,24,25);(H,6,7).